The molecule has 1 amide bonds. The first-order chi connectivity index (χ1) is 16.6. The summed E-state index contributed by atoms with van der Waals surface area (Å²) >= 11 is 0. The summed E-state index contributed by atoms with van der Waals surface area (Å²) in [5, 5.41) is 3.09. The third-order valence-corrected chi connectivity index (χ3v) is 5.61. The normalized spacial score (nSPS) is 11.7. The van der Waals surface area contributed by atoms with Crippen molar-refractivity contribution < 1.29 is 19.0 Å². The van der Waals surface area contributed by atoms with Gasteiger partial charge in [-0.05, 0) is 48.9 Å². The zero-order valence-electron chi connectivity index (χ0n) is 19.7. The Morgan fingerprint density at radius 2 is 1.65 bits per heavy atom. The van der Waals surface area contributed by atoms with Gasteiger partial charge in [0.2, 0.25) is 5.91 Å². The summed E-state index contributed by atoms with van der Waals surface area (Å²) in [4.78, 5) is 17.5. The molecule has 0 saturated carbocycles. The second-order valence-corrected chi connectivity index (χ2v) is 7.92. The van der Waals surface area contributed by atoms with E-state index in [1.807, 2.05) is 79.7 Å². The van der Waals surface area contributed by atoms with Crippen LogP contribution in [-0.2, 0) is 17.8 Å². The van der Waals surface area contributed by atoms with E-state index in [4.69, 9.17) is 19.2 Å². The molecular weight excluding hydrogens is 430 g/mol. The number of ether oxygens (including phenoxy) is 3. The Labute approximate surface area is 199 Å². The maximum atomic E-state index is 12.7. The fraction of sp³-hybridized carbons (Fsp3) is 0.259. The Balaban J connectivity index is 1.47. The number of carbonyl (C=O) groups excluding carboxylic acids is 1. The van der Waals surface area contributed by atoms with Gasteiger partial charge in [0.1, 0.15) is 18.2 Å². The predicted molar refractivity (Wildman–Crippen MR) is 131 cm³/mol. The molecule has 1 heterocycles. The van der Waals surface area contributed by atoms with Crippen molar-refractivity contribution in [3.05, 3.63) is 84.2 Å². The van der Waals surface area contributed by atoms with E-state index in [0.29, 0.717) is 24.7 Å². The number of rotatable bonds is 10. The van der Waals surface area contributed by atoms with Crippen molar-refractivity contribution in [3.63, 3.8) is 0 Å². The lowest BCUT2D eigenvalue weighted by Crippen LogP contribution is -2.30. The summed E-state index contributed by atoms with van der Waals surface area (Å²) in [6.45, 7) is 2.96. The maximum Gasteiger partial charge on any atom is 0.224 e. The number of nitrogens with one attached hydrogen (secondary N) is 1. The van der Waals surface area contributed by atoms with E-state index in [0.717, 1.165) is 28.2 Å². The molecule has 7 nitrogen and oxygen atoms in total. The molecule has 176 valence electrons. The molecule has 0 radical (unpaired) electrons. The van der Waals surface area contributed by atoms with Crippen molar-refractivity contribution in [2.75, 3.05) is 20.8 Å². The fourth-order valence-corrected chi connectivity index (χ4v) is 3.93. The Morgan fingerprint density at radius 1 is 0.941 bits per heavy atom. The van der Waals surface area contributed by atoms with Gasteiger partial charge in [-0.15, -0.1) is 0 Å². The summed E-state index contributed by atoms with van der Waals surface area (Å²) < 4.78 is 18.6. The van der Waals surface area contributed by atoms with Crippen molar-refractivity contribution >= 4 is 16.9 Å². The number of carbonyl (C=O) groups is 1. The van der Waals surface area contributed by atoms with Crippen molar-refractivity contribution in [1.82, 2.24) is 14.9 Å². The third kappa shape index (κ3) is 5.31. The van der Waals surface area contributed by atoms with Crippen LogP contribution in [0.2, 0.25) is 0 Å². The minimum atomic E-state index is -0.274. The van der Waals surface area contributed by atoms with Crippen LogP contribution in [-0.4, -0.2) is 36.3 Å². The minimum Gasteiger partial charge on any atom is -0.497 e. The number of methoxy groups -OCH3 is 2. The molecule has 1 aromatic heterocycles. The summed E-state index contributed by atoms with van der Waals surface area (Å²) in [5.74, 6) is 2.87. The van der Waals surface area contributed by atoms with E-state index in [-0.39, 0.29) is 18.4 Å². The van der Waals surface area contributed by atoms with Gasteiger partial charge in [-0.25, -0.2) is 4.98 Å². The first-order valence-electron chi connectivity index (χ1n) is 11.2. The lowest BCUT2D eigenvalue weighted by atomic mass is 10.1. The molecule has 4 rings (SSSR count). The standard InChI is InChI=1S/C27H29N3O4/c1-19(28-26(31)18-20-12-14-21(32-2)15-13-20)27-29-22-8-4-5-9-23(22)30(27)16-17-34-25-11-7-6-10-24(25)33-3/h4-15,19H,16-18H2,1-3H3,(H,28,31). The van der Waals surface area contributed by atoms with Gasteiger partial charge in [0.15, 0.2) is 11.5 Å². The molecule has 34 heavy (non-hydrogen) atoms. The SMILES string of the molecule is COc1ccc(CC(=O)NC(C)c2nc3ccccc3n2CCOc2ccccc2OC)cc1. The van der Waals surface area contributed by atoms with Crippen LogP contribution >= 0.6 is 0 Å². The molecular formula is C27H29N3O4. The van der Waals surface area contributed by atoms with Gasteiger partial charge in [0.05, 0.1) is 44.3 Å². The van der Waals surface area contributed by atoms with Crippen LogP contribution < -0.4 is 19.5 Å². The molecule has 0 aliphatic rings. The molecule has 1 atom stereocenters. The lowest BCUT2D eigenvalue weighted by molar-refractivity contribution is -0.121. The number of para-hydroxylation sites is 4. The number of hydrogen-bond donors (Lipinski definition) is 1. The van der Waals surface area contributed by atoms with E-state index in [1.165, 1.54) is 0 Å². The van der Waals surface area contributed by atoms with Crippen molar-refractivity contribution in [1.29, 1.82) is 0 Å². The second kappa shape index (κ2) is 10.7. The van der Waals surface area contributed by atoms with Crippen LogP contribution in [0.1, 0.15) is 24.4 Å². The van der Waals surface area contributed by atoms with Gasteiger partial charge >= 0.3 is 0 Å². The van der Waals surface area contributed by atoms with Gasteiger partial charge in [-0.3, -0.25) is 4.79 Å². The highest BCUT2D eigenvalue weighted by molar-refractivity contribution is 5.79. The van der Waals surface area contributed by atoms with E-state index >= 15 is 0 Å². The van der Waals surface area contributed by atoms with Crippen LogP contribution in [0.3, 0.4) is 0 Å². The molecule has 0 bridgehead atoms. The first kappa shape index (κ1) is 23.2. The lowest BCUT2D eigenvalue weighted by Gasteiger charge is -2.17. The quantitative estimate of drug-likeness (QED) is 0.377. The van der Waals surface area contributed by atoms with Gasteiger partial charge in [-0.2, -0.15) is 0 Å². The molecule has 1 unspecified atom stereocenters. The molecule has 1 N–H and O–H groups in total. The molecule has 3 aromatic carbocycles. The highest BCUT2D eigenvalue weighted by Crippen LogP contribution is 2.26. The molecule has 0 aliphatic heterocycles. The summed E-state index contributed by atoms with van der Waals surface area (Å²) in [6, 6.07) is 22.7. The van der Waals surface area contributed by atoms with Gasteiger partial charge < -0.3 is 24.1 Å². The maximum absolute atomic E-state index is 12.7. The van der Waals surface area contributed by atoms with Crippen LogP contribution in [0.4, 0.5) is 0 Å². The van der Waals surface area contributed by atoms with Gasteiger partial charge in [0, 0.05) is 0 Å². The average molecular weight is 460 g/mol. The number of hydrogen-bond acceptors (Lipinski definition) is 5. The predicted octanol–water partition coefficient (Wildman–Crippen LogP) is 4.55. The molecule has 0 fully saturated rings. The Hall–Kier alpha value is -4.00. The van der Waals surface area contributed by atoms with Gasteiger partial charge in [0.25, 0.3) is 0 Å². The number of amides is 1. The zero-order valence-corrected chi connectivity index (χ0v) is 19.7. The molecule has 7 heteroatoms. The summed E-state index contributed by atoms with van der Waals surface area (Å²) in [7, 11) is 3.25. The fourth-order valence-electron chi connectivity index (χ4n) is 3.93. The Kier molecular flexibility index (Phi) is 7.32. The van der Waals surface area contributed by atoms with Crippen LogP contribution in [0, 0.1) is 0 Å². The summed E-state index contributed by atoms with van der Waals surface area (Å²) in [5.41, 5.74) is 2.80. The number of imidazole rings is 1. The number of benzene rings is 3. The monoisotopic (exact) mass is 459 g/mol. The molecule has 0 saturated heterocycles. The summed E-state index contributed by atoms with van der Waals surface area (Å²) in [6.07, 6.45) is 0.283. The van der Waals surface area contributed by atoms with Crippen molar-refractivity contribution in [3.8, 4) is 17.2 Å². The second-order valence-electron chi connectivity index (χ2n) is 7.92. The van der Waals surface area contributed by atoms with Crippen LogP contribution in [0.15, 0.2) is 72.8 Å². The van der Waals surface area contributed by atoms with E-state index in [2.05, 4.69) is 9.88 Å². The van der Waals surface area contributed by atoms with E-state index < -0.39 is 0 Å². The topological polar surface area (TPSA) is 74.6 Å². The van der Waals surface area contributed by atoms with Crippen LogP contribution in [0.25, 0.3) is 11.0 Å². The van der Waals surface area contributed by atoms with Crippen LogP contribution in [0.5, 0.6) is 17.2 Å². The van der Waals surface area contributed by atoms with Gasteiger partial charge in [-0.1, -0.05) is 36.4 Å². The van der Waals surface area contributed by atoms with E-state index in [1.54, 1.807) is 14.2 Å². The average Bonchev–Trinajstić information content (AvgIpc) is 3.23. The van der Waals surface area contributed by atoms with E-state index in [9.17, 15) is 4.79 Å². The molecule has 0 spiro atoms. The minimum absolute atomic E-state index is 0.0680. The number of nitrogens with zero attached hydrogens (tertiary/aromatic N) is 2. The van der Waals surface area contributed by atoms with Crippen molar-refractivity contribution in [2.24, 2.45) is 0 Å². The highest BCUT2D eigenvalue weighted by Gasteiger charge is 2.19. The molecule has 0 aliphatic carbocycles. The zero-order chi connectivity index (χ0) is 23.9. The number of aromatic nitrogens is 2. The number of fused-ring (bicyclic) bond motifs is 1. The smallest absolute Gasteiger partial charge is 0.224 e. The Morgan fingerprint density at radius 3 is 2.38 bits per heavy atom. The third-order valence-electron chi connectivity index (χ3n) is 5.61. The van der Waals surface area contributed by atoms with Crippen molar-refractivity contribution in [2.45, 2.75) is 25.9 Å². The highest BCUT2D eigenvalue weighted by atomic mass is 16.5. The Bertz CT molecular complexity index is 1250. The largest absolute Gasteiger partial charge is 0.497 e. The molecule has 4 aromatic rings. The first-order valence-corrected chi connectivity index (χ1v) is 11.2.